The number of hydrogen-bond acceptors (Lipinski definition) is 2. The van der Waals surface area contributed by atoms with Crippen LogP contribution in [0, 0.1) is 0 Å². The van der Waals surface area contributed by atoms with E-state index in [4.69, 9.17) is 4.74 Å². The number of nitrogens with one attached hydrogen (secondary N) is 1. The van der Waals surface area contributed by atoms with Crippen molar-refractivity contribution in [2.45, 2.75) is 32.6 Å². The Labute approximate surface area is 141 Å². The number of unbranched alkanes of at least 4 members (excludes halogenated alkanes) is 2. The maximum absolute atomic E-state index is 12.1. The summed E-state index contributed by atoms with van der Waals surface area (Å²) in [6.07, 6.45) is 4.36. The van der Waals surface area contributed by atoms with Gasteiger partial charge < -0.3 is 4.74 Å². The first-order valence-electron chi connectivity index (χ1n) is 8.40. The van der Waals surface area contributed by atoms with Gasteiger partial charge in [0.2, 0.25) is 0 Å². The highest BCUT2D eigenvalue weighted by Crippen LogP contribution is 2.21. The molecule has 1 aromatic heterocycles. The molecule has 4 nitrogen and oxygen atoms in total. The first kappa shape index (κ1) is 16.1. The fraction of sp³-hybridized carbons (Fsp3) is 0.250. The van der Waals surface area contributed by atoms with Crippen molar-refractivity contribution < 1.29 is 4.74 Å². The number of ether oxygens (including phenoxy) is 1. The van der Waals surface area contributed by atoms with Crippen LogP contribution in [0.3, 0.4) is 0 Å². The van der Waals surface area contributed by atoms with Gasteiger partial charge in [0.15, 0.2) is 0 Å². The van der Waals surface area contributed by atoms with Gasteiger partial charge in [-0.05, 0) is 49.2 Å². The molecular formula is C20H22N2O2. The molecule has 0 aliphatic carbocycles. The van der Waals surface area contributed by atoms with E-state index in [1.165, 1.54) is 12.8 Å². The zero-order chi connectivity index (χ0) is 16.8. The van der Waals surface area contributed by atoms with Crippen LogP contribution in [0.1, 0.15) is 31.9 Å². The van der Waals surface area contributed by atoms with Crippen LogP contribution < -0.4 is 10.3 Å². The maximum Gasteiger partial charge on any atom is 0.271 e. The van der Waals surface area contributed by atoms with Crippen molar-refractivity contribution in [2.75, 3.05) is 0 Å². The summed E-state index contributed by atoms with van der Waals surface area (Å²) < 4.78 is 7.35. The van der Waals surface area contributed by atoms with E-state index in [0.29, 0.717) is 0 Å². The summed E-state index contributed by atoms with van der Waals surface area (Å²) in [5.41, 5.74) is 1.76. The Morgan fingerprint density at radius 2 is 1.67 bits per heavy atom. The molecule has 0 spiro atoms. The lowest BCUT2D eigenvalue weighted by Gasteiger charge is -2.07. The van der Waals surface area contributed by atoms with Crippen molar-refractivity contribution in [1.82, 2.24) is 9.78 Å². The molecular weight excluding hydrogens is 300 g/mol. The number of aromatic nitrogens is 2. The molecule has 2 aromatic carbocycles. The molecule has 0 saturated carbocycles. The lowest BCUT2D eigenvalue weighted by molar-refractivity contribution is 0.482. The second-order valence-corrected chi connectivity index (χ2v) is 5.82. The van der Waals surface area contributed by atoms with Crippen LogP contribution in [-0.2, 0) is 6.42 Å². The highest BCUT2D eigenvalue weighted by atomic mass is 16.5. The van der Waals surface area contributed by atoms with Gasteiger partial charge >= 0.3 is 0 Å². The third-order valence-electron chi connectivity index (χ3n) is 3.90. The Morgan fingerprint density at radius 3 is 2.38 bits per heavy atom. The molecule has 0 saturated heterocycles. The third-order valence-corrected chi connectivity index (χ3v) is 3.90. The van der Waals surface area contributed by atoms with Gasteiger partial charge in [0.05, 0.1) is 5.69 Å². The molecule has 0 bridgehead atoms. The number of H-pyrrole nitrogens is 1. The SMILES string of the molecule is CCCCCc1cc(=O)n(-c2ccc(Oc3ccccc3)cc2)[nH]1. The molecule has 0 aliphatic heterocycles. The monoisotopic (exact) mass is 322 g/mol. The fourth-order valence-corrected chi connectivity index (χ4v) is 2.62. The number of nitrogens with zero attached hydrogens (tertiary/aromatic N) is 1. The van der Waals surface area contributed by atoms with E-state index < -0.39 is 0 Å². The number of aryl methyl sites for hydroxylation is 1. The summed E-state index contributed by atoms with van der Waals surface area (Å²) in [4.78, 5) is 12.1. The van der Waals surface area contributed by atoms with Crippen LogP contribution in [0.2, 0.25) is 0 Å². The molecule has 4 heteroatoms. The maximum atomic E-state index is 12.1. The zero-order valence-electron chi connectivity index (χ0n) is 13.9. The van der Waals surface area contributed by atoms with Crippen molar-refractivity contribution in [2.24, 2.45) is 0 Å². The molecule has 3 aromatic rings. The molecule has 24 heavy (non-hydrogen) atoms. The van der Waals surface area contributed by atoms with E-state index in [0.717, 1.165) is 35.7 Å². The second-order valence-electron chi connectivity index (χ2n) is 5.82. The number of rotatable bonds is 7. The Morgan fingerprint density at radius 1 is 0.958 bits per heavy atom. The second kappa shape index (κ2) is 7.68. The van der Waals surface area contributed by atoms with E-state index >= 15 is 0 Å². The Hall–Kier alpha value is -2.75. The van der Waals surface area contributed by atoms with Crippen LogP contribution in [0.15, 0.2) is 65.5 Å². The summed E-state index contributed by atoms with van der Waals surface area (Å²) in [6.45, 7) is 2.17. The van der Waals surface area contributed by atoms with E-state index in [-0.39, 0.29) is 5.56 Å². The summed E-state index contributed by atoms with van der Waals surface area (Å²) in [7, 11) is 0. The largest absolute Gasteiger partial charge is 0.457 e. The lowest BCUT2D eigenvalue weighted by atomic mass is 10.2. The van der Waals surface area contributed by atoms with Gasteiger partial charge in [0.1, 0.15) is 11.5 Å². The molecule has 0 radical (unpaired) electrons. The molecule has 0 atom stereocenters. The van der Waals surface area contributed by atoms with E-state index in [9.17, 15) is 4.79 Å². The number of aromatic amines is 1. The van der Waals surface area contributed by atoms with Crippen molar-refractivity contribution in [3.8, 4) is 17.2 Å². The van der Waals surface area contributed by atoms with Crippen LogP contribution in [0.5, 0.6) is 11.5 Å². The highest BCUT2D eigenvalue weighted by Gasteiger charge is 2.06. The van der Waals surface area contributed by atoms with Crippen molar-refractivity contribution in [1.29, 1.82) is 0 Å². The zero-order valence-corrected chi connectivity index (χ0v) is 13.9. The van der Waals surface area contributed by atoms with E-state index in [1.54, 1.807) is 10.7 Å². The topological polar surface area (TPSA) is 47.0 Å². The standard InChI is InChI=1S/C20H22N2O2/c1-2-3-5-8-16-15-20(23)22(21-16)17-11-13-19(14-12-17)24-18-9-6-4-7-10-18/h4,6-7,9-15,21H,2-3,5,8H2,1H3. The molecule has 3 rings (SSSR count). The van der Waals surface area contributed by atoms with Gasteiger partial charge in [0, 0.05) is 11.8 Å². The van der Waals surface area contributed by atoms with Gasteiger partial charge in [-0.1, -0.05) is 38.0 Å². The summed E-state index contributed by atoms with van der Waals surface area (Å²) in [5, 5.41) is 3.19. The molecule has 0 amide bonds. The third kappa shape index (κ3) is 3.96. The fourth-order valence-electron chi connectivity index (χ4n) is 2.62. The quantitative estimate of drug-likeness (QED) is 0.641. The summed E-state index contributed by atoms with van der Waals surface area (Å²) in [6, 6.07) is 18.8. The number of benzene rings is 2. The Balaban J connectivity index is 1.72. The predicted molar refractivity (Wildman–Crippen MR) is 96.1 cm³/mol. The first-order valence-corrected chi connectivity index (χ1v) is 8.40. The van der Waals surface area contributed by atoms with Gasteiger partial charge in [-0.2, -0.15) is 0 Å². The average molecular weight is 322 g/mol. The van der Waals surface area contributed by atoms with Crippen molar-refractivity contribution in [3.05, 3.63) is 76.7 Å². The Bertz CT molecular complexity index is 817. The molecule has 0 aliphatic rings. The first-order chi connectivity index (χ1) is 11.8. The molecule has 124 valence electrons. The molecule has 0 unspecified atom stereocenters. The molecule has 0 fully saturated rings. The average Bonchev–Trinajstić information content (AvgIpc) is 2.97. The van der Waals surface area contributed by atoms with Gasteiger partial charge in [0.25, 0.3) is 5.56 Å². The van der Waals surface area contributed by atoms with Gasteiger partial charge in [-0.15, -0.1) is 0 Å². The van der Waals surface area contributed by atoms with Crippen molar-refractivity contribution in [3.63, 3.8) is 0 Å². The van der Waals surface area contributed by atoms with Crippen LogP contribution in [0.4, 0.5) is 0 Å². The smallest absolute Gasteiger partial charge is 0.271 e. The van der Waals surface area contributed by atoms with Crippen molar-refractivity contribution >= 4 is 0 Å². The number of para-hydroxylation sites is 1. The van der Waals surface area contributed by atoms with Gasteiger partial charge in [-0.25, -0.2) is 4.68 Å². The minimum absolute atomic E-state index is 0.0294. The number of hydrogen-bond donors (Lipinski definition) is 1. The predicted octanol–water partition coefficient (Wildman–Crippen LogP) is 4.69. The van der Waals surface area contributed by atoms with Crippen LogP contribution >= 0.6 is 0 Å². The van der Waals surface area contributed by atoms with Crippen LogP contribution in [0.25, 0.3) is 5.69 Å². The van der Waals surface area contributed by atoms with Gasteiger partial charge in [-0.3, -0.25) is 9.89 Å². The molecule has 1 N–H and O–H groups in total. The Kier molecular flexibility index (Phi) is 5.16. The van der Waals surface area contributed by atoms with E-state index in [2.05, 4.69) is 12.0 Å². The summed E-state index contributed by atoms with van der Waals surface area (Å²) in [5.74, 6) is 1.54. The highest BCUT2D eigenvalue weighted by molar-refractivity contribution is 5.39. The minimum Gasteiger partial charge on any atom is -0.457 e. The lowest BCUT2D eigenvalue weighted by Crippen LogP contribution is -2.13. The minimum atomic E-state index is -0.0294. The molecule has 1 heterocycles. The summed E-state index contributed by atoms with van der Waals surface area (Å²) >= 11 is 0. The normalized spacial score (nSPS) is 10.7. The van der Waals surface area contributed by atoms with Crippen LogP contribution in [-0.4, -0.2) is 9.78 Å². The van der Waals surface area contributed by atoms with E-state index in [1.807, 2.05) is 54.6 Å².